The van der Waals surface area contributed by atoms with Crippen LogP contribution in [0.1, 0.15) is 0 Å². The predicted molar refractivity (Wildman–Crippen MR) is 98.4 cm³/mol. The second-order valence-corrected chi connectivity index (χ2v) is 6.78. The number of nitrogens with zero attached hydrogens (tertiary/aromatic N) is 1. The van der Waals surface area contributed by atoms with E-state index >= 15 is 0 Å². The lowest BCUT2D eigenvalue weighted by Crippen LogP contribution is -1.86. The monoisotopic (exact) mass is 335 g/mol. The Kier molecular flexibility index (Phi) is 3.86. The van der Waals surface area contributed by atoms with E-state index in [0.717, 1.165) is 5.02 Å². The van der Waals surface area contributed by atoms with Crippen molar-refractivity contribution in [3.63, 3.8) is 0 Å². The maximum absolute atomic E-state index is 6.00. The lowest BCUT2D eigenvalue weighted by Gasteiger charge is -2.07. The number of hydrogen-bond acceptors (Lipinski definition) is 1. The Morgan fingerprint density at radius 3 is 2.30 bits per heavy atom. The van der Waals surface area contributed by atoms with Crippen molar-refractivity contribution < 1.29 is 0 Å². The van der Waals surface area contributed by atoms with Crippen LogP contribution in [0.3, 0.4) is 0 Å². The van der Waals surface area contributed by atoms with Gasteiger partial charge in [-0.2, -0.15) is 0 Å². The fourth-order valence-corrected chi connectivity index (χ4v) is 3.81. The van der Waals surface area contributed by atoms with Gasteiger partial charge in [0.15, 0.2) is 0 Å². The zero-order valence-electron chi connectivity index (χ0n) is 12.3. The summed E-state index contributed by atoms with van der Waals surface area (Å²) >= 11 is 7.76. The molecule has 2 heterocycles. The standard InChI is InChI=1S/C20H14ClNS/c21-16-9-11-18(12-10-16)23-20-19(15-6-2-1-3-7-15)14-17-8-4-5-13-22(17)20/h1-14H. The van der Waals surface area contributed by atoms with Gasteiger partial charge in [0.2, 0.25) is 0 Å². The highest BCUT2D eigenvalue weighted by molar-refractivity contribution is 7.99. The number of rotatable bonds is 3. The molecule has 23 heavy (non-hydrogen) atoms. The van der Waals surface area contributed by atoms with Crippen molar-refractivity contribution in [2.24, 2.45) is 0 Å². The van der Waals surface area contributed by atoms with Crippen LogP contribution in [0.25, 0.3) is 16.6 Å². The minimum Gasteiger partial charge on any atom is -0.311 e. The zero-order chi connectivity index (χ0) is 15.6. The first-order valence-electron chi connectivity index (χ1n) is 7.40. The predicted octanol–water partition coefficient (Wildman–Crippen LogP) is 6.41. The van der Waals surface area contributed by atoms with Crippen LogP contribution in [0.15, 0.2) is 95.0 Å². The first-order valence-corrected chi connectivity index (χ1v) is 8.60. The molecule has 0 aliphatic rings. The number of pyridine rings is 1. The van der Waals surface area contributed by atoms with E-state index < -0.39 is 0 Å². The largest absolute Gasteiger partial charge is 0.311 e. The molecule has 0 aliphatic carbocycles. The molecule has 0 fully saturated rings. The molecule has 0 N–H and O–H groups in total. The number of fused-ring (bicyclic) bond motifs is 1. The molecule has 0 atom stereocenters. The smallest absolute Gasteiger partial charge is 0.0922 e. The van der Waals surface area contributed by atoms with Crippen molar-refractivity contribution in [1.29, 1.82) is 0 Å². The van der Waals surface area contributed by atoms with Gasteiger partial charge in [0.05, 0.1) is 5.03 Å². The molecule has 0 aliphatic heterocycles. The third-order valence-corrected chi connectivity index (χ3v) is 5.12. The van der Waals surface area contributed by atoms with E-state index in [1.807, 2.05) is 18.2 Å². The highest BCUT2D eigenvalue weighted by Gasteiger charge is 2.13. The first-order chi connectivity index (χ1) is 11.3. The maximum atomic E-state index is 6.00. The molecule has 0 saturated carbocycles. The quantitative estimate of drug-likeness (QED) is 0.418. The van der Waals surface area contributed by atoms with Crippen LogP contribution >= 0.6 is 23.4 Å². The van der Waals surface area contributed by atoms with Crippen LogP contribution in [0, 0.1) is 0 Å². The molecule has 112 valence electrons. The van der Waals surface area contributed by atoms with Crippen LogP contribution in [0.4, 0.5) is 0 Å². The second kappa shape index (κ2) is 6.15. The number of hydrogen-bond donors (Lipinski definition) is 0. The first kappa shape index (κ1) is 14.4. The van der Waals surface area contributed by atoms with Gasteiger partial charge in [0.25, 0.3) is 0 Å². The summed E-state index contributed by atoms with van der Waals surface area (Å²) in [5.74, 6) is 0. The van der Waals surface area contributed by atoms with Crippen LogP contribution < -0.4 is 0 Å². The summed E-state index contributed by atoms with van der Waals surface area (Å²) in [4.78, 5) is 1.18. The van der Waals surface area contributed by atoms with Crippen molar-refractivity contribution in [1.82, 2.24) is 4.40 Å². The molecule has 0 radical (unpaired) electrons. The van der Waals surface area contributed by atoms with E-state index in [1.54, 1.807) is 11.8 Å². The van der Waals surface area contributed by atoms with E-state index in [1.165, 1.54) is 26.6 Å². The average Bonchev–Trinajstić information content (AvgIpc) is 2.96. The Hall–Kier alpha value is -2.16. The maximum Gasteiger partial charge on any atom is 0.0922 e. The summed E-state index contributed by atoms with van der Waals surface area (Å²) in [5.41, 5.74) is 3.67. The number of halogens is 1. The van der Waals surface area contributed by atoms with Crippen molar-refractivity contribution >= 4 is 28.9 Å². The van der Waals surface area contributed by atoms with Crippen molar-refractivity contribution in [3.8, 4) is 11.1 Å². The highest BCUT2D eigenvalue weighted by Crippen LogP contribution is 2.38. The Morgan fingerprint density at radius 1 is 0.783 bits per heavy atom. The average molecular weight is 336 g/mol. The molecule has 0 amide bonds. The summed E-state index contributed by atoms with van der Waals surface area (Å²) in [7, 11) is 0. The van der Waals surface area contributed by atoms with Crippen molar-refractivity contribution in [2.75, 3.05) is 0 Å². The van der Waals surface area contributed by atoms with E-state index in [-0.39, 0.29) is 0 Å². The molecule has 4 rings (SSSR count). The normalized spacial score (nSPS) is 11.0. The molecule has 0 bridgehead atoms. The zero-order valence-corrected chi connectivity index (χ0v) is 13.9. The van der Waals surface area contributed by atoms with Gasteiger partial charge in [-0.15, -0.1) is 0 Å². The van der Waals surface area contributed by atoms with Crippen LogP contribution in [-0.4, -0.2) is 4.40 Å². The van der Waals surface area contributed by atoms with E-state index in [2.05, 4.69) is 71.3 Å². The van der Waals surface area contributed by atoms with Crippen LogP contribution in [0.2, 0.25) is 5.02 Å². The van der Waals surface area contributed by atoms with Gasteiger partial charge in [0.1, 0.15) is 0 Å². The molecule has 2 aromatic carbocycles. The Morgan fingerprint density at radius 2 is 1.52 bits per heavy atom. The minimum absolute atomic E-state index is 0.762. The van der Waals surface area contributed by atoms with E-state index in [0.29, 0.717) is 0 Å². The van der Waals surface area contributed by atoms with Gasteiger partial charge >= 0.3 is 0 Å². The summed E-state index contributed by atoms with van der Waals surface area (Å²) < 4.78 is 2.24. The highest BCUT2D eigenvalue weighted by atomic mass is 35.5. The summed E-state index contributed by atoms with van der Waals surface area (Å²) in [6.07, 6.45) is 2.11. The molecule has 2 aromatic heterocycles. The minimum atomic E-state index is 0.762. The van der Waals surface area contributed by atoms with Gasteiger partial charge < -0.3 is 4.40 Å². The molecule has 1 nitrogen and oxygen atoms in total. The Labute approximate surface area is 144 Å². The SMILES string of the molecule is Clc1ccc(Sc2c(-c3ccccc3)cc3ccccn23)cc1. The van der Waals surface area contributed by atoms with E-state index in [4.69, 9.17) is 11.6 Å². The fraction of sp³-hybridized carbons (Fsp3) is 0. The molecule has 0 unspecified atom stereocenters. The van der Waals surface area contributed by atoms with Gasteiger partial charge in [0, 0.05) is 27.2 Å². The van der Waals surface area contributed by atoms with Crippen LogP contribution in [-0.2, 0) is 0 Å². The third kappa shape index (κ3) is 2.88. The van der Waals surface area contributed by atoms with Gasteiger partial charge in [-0.25, -0.2) is 0 Å². The molecule has 4 aromatic rings. The van der Waals surface area contributed by atoms with Gasteiger partial charge in [-0.3, -0.25) is 0 Å². The summed E-state index contributed by atoms with van der Waals surface area (Å²) in [6, 6.07) is 27.0. The molecular formula is C20H14ClNS. The second-order valence-electron chi connectivity index (χ2n) is 5.28. The number of aromatic nitrogens is 1. The van der Waals surface area contributed by atoms with Gasteiger partial charge in [-0.1, -0.05) is 59.8 Å². The molecular weight excluding hydrogens is 322 g/mol. The fourth-order valence-electron chi connectivity index (χ4n) is 2.64. The molecule has 3 heteroatoms. The Balaban J connectivity index is 1.87. The molecule has 0 spiro atoms. The van der Waals surface area contributed by atoms with E-state index in [9.17, 15) is 0 Å². The topological polar surface area (TPSA) is 4.41 Å². The van der Waals surface area contributed by atoms with Gasteiger partial charge in [-0.05, 0) is 48.0 Å². The third-order valence-electron chi connectivity index (χ3n) is 3.75. The Bertz CT molecular complexity index is 942. The lowest BCUT2D eigenvalue weighted by atomic mass is 10.1. The lowest BCUT2D eigenvalue weighted by molar-refractivity contribution is 1.05. The summed E-state index contributed by atoms with van der Waals surface area (Å²) in [5, 5.41) is 1.98. The molecule has 0 saturated heterocycles. The summed E-state index contributed by atoms with van der Waals surface area (Å²) in [6.45, 7) is 0. The van der Waals surface area contributed by atoms with Crippen molar-refractivity contribution in [3.05, 3.63) is 90.1 Å². The number of benzene rings is 2. The van der Waals surface area contributed by atoms with Crippen LogP contribution in [0.5, 0.6) is 0 Å². The van der Waals surface area contributed by atoms with Crippen molar-refractivity contribution in [2.45, 2.75) is 9.92 Å².